The highest BCUT2D eigenvalue weighted by atomic mass is 32.2. The Kier molecular flexibility index (Phi) is 5.23. The average molecular weight is 396 g/mol. The van der Waals surface area contributed by atoms with Gasteiger partial charge in [0, 0.05) is 47.2 Å². The largest absolute Gasteiger partial charge is 0.395 e. The second-order valence-electron chi connectivity index (χ2n) is 8.58. The molecule has 1 saturated carbocycles. The molecule has 0 radical (unpaired) electrons. The molecule has 0 bridgehead atoms. The molecule has 4 nitrogen and oxygen atoms in total. The fraction of sp³-hybridized carbons (Fsp3) is 0.478. The zero-order chi connectivity index (χ0) is 19.8. The van der Waals surface area contributed by atoms with Crippen molar-refractivity contribution < 1.29 is 5.11 Å². The van der Waals surface area contributed by atoms with Crippen molar-refractivity contribution in [3.8, 4) is 11.3 Å². The van der Waals surface area contributed by atoms with Crippen LogP contribution in [0.5, 0.6) is 0 Å². The second-order valence-corrected chi connectivity index (χ2v) is 10.3. The second kappa shape index (κ2) is 7.53. The van der Waals surface area contributed by atoms with E-state index in [1.807, 2.05) is 6.20 Å². The van der Waals surface area contributed by atoms with Gasteiger partial charge < -0.3 is 10.0 Å². The number of benzene rings is 1. The SMILES string of the molecule is Cc1ccc(-c2ccc(C3(CN4CCSC(C)(CO)CC4=N)CC3)cc2)nc1. The third kappa shape index (κ3) is 3.96. The van der Waals surface area contributed by atoms with Gasteiger partial charge in [-0.2, -0.15) is 11.8 Å². The molecule has 2 N–H and O–H groups in total. The van der Waals surface area contributed by atoms with Crippen molar-refractivity contribution in [3.05, 3.63) is 53.7 Å². The molecule has 2 aromatic rings. The molecule has 148 valence electrons. The van der Waals surface area contributed by atoms with Gasteiger partial charge in [-0.05, 0) is 43.9 Å². The van der Waals surface area contributed by atoms with E-state index in [-0.39, 0.29) is 16.8 Å². The maximum Gasteiger partial charge on any atom is 0.0973 e. The Morgan fingerprint density at radius 3 is 2.54 bits per heavy atom. The molecule has 2 aliphatic rings. The highest BCUT2D eigenvalue weighted by Gasteiger charge is 2.46. The van der Waals surface area contributed by atoms with Gasteiger partial charge in [0.2, 0.25) is 0 Å². The quantitative estimate of drug-likeness (QED) is 0.794. The van der Waals surface area contributed by atoms with E-state index in [1.165, 1.54) is 24.0 Å². The van der Waals surface area contributed by atoms with Gasteiger partial charge in [0.05, 0.1) is 18.1 Å². The standard InChI is InChI=1S/C23H29N3OS/c1-17-3-8-20(25-14-17)18-4-6-19(7-5-18)23(9-10-23)15-26-11-12-28-22(2,16-27)13-21(26)24/h3-8,14,24,27H,9-13,15-16H2,1-2H3. The number of amidine groups is 1. The molecule has 1 aliphatic carbocycles. The Labute approximate surface area is 171 Å². The molecule has 0 spiro atoms. The van der Waals surface area contributed by atoms with Crippen LogP contribution in [0, 0.1) is 12.3 Å². The summed E-state index contributed by atoms with van der Waals surface area (Å²) in [6, 6.07) is 13.0. The molecule has 5 heteroatoms. The fourth-order valence-corrected chi connectivity index (χ4v) is 5.15. The lowest BCUT2D eigenvalue weighted by Gasteiger charge is -2.30. The summed E-state index contributed by atoms with van der Waals surface area (Å²) in [6.45, 7) is 6.06. The number of rotatable bonds is 5. The monoisotopic (exact) mass is 395 g/mol. The maximum atomic E-state index is 9.70. The molecule has 1 unspecified atom stereocenters. The highest BCUT2D eigenvalue weighted by Crippen LogP contribution is 2.49. The molecule has 0 amide bonds. The predicted octanol–water partition coefficient (Wildman–Crippen LogP) is 4.26. The number of pyridine rings is 1. The minimum absolute atomic E-state index is 0.132. The summed E-state index contributed by atoms with van der Waals surface area (Å²) in [6.07, 6.45) is 4.92. The summed E-state index contributed by atoms with van der Waals surface area (Å²) in [5.74, 6) is 1.64. The van der Waals surface area contributed by atoms with Gasteiger partial charge >= 0.3 is 0 Å². The predicted molar refractivity (Wildman–Crippen MR) is 117 cm³/mol. The average Bonchev–Trinajstić information content (AvgIpc) is 3.50. The zero-order valence-corrected chi connectivity index (χ0v) is 17.6. The van der Waals surface area contributed by atoms with Crippen LogP contribution in [0.15, 0.2) is 42.6 Å². The van der Waals surface area contributed by atoms with E-state index in [1.54, 1.807) is 11.8 Å². The molecule has 1 saturated heterocycles. The number of aryl methyl sites for hydroxylation is 1. The lowest BCUT2D eigenvalue weighted by atomic mass is 9.93. The van der Waals surface area contributed by atoms with E-state index in [4.69, 9.17) is 5.41 Å². The first-order valence-corrected chi connectivity index (χ1v) is 11.0. The Morgan fingerprint density at radius 1 is 1.18 bits per heavy atom. The Bertz CT molecular complexity index is 845. The lowest BCUT2D eigenvalue weighted by Crippen LogP contribution is -2.39. The number of aromatic nitrogens is 1. The van der Waals surface area contributed by atoms with Crippen molar-refractivity contribution in [2.45, 2.75) is 43.3 Å². The molecule has 2 heterocycles. The third-order valence-corrected chi connectivity index (χ3v) is 7.48. The van der Waals surface area contributed by atoms with Crippen molar-refractivity contribution in [1.29, 1.82) is 5.41 Å². The number of aliphatic hydroxyl groups excluding tert-OH is 1. The Hall–Kier alpha value is -1.85. The molecule has 4 rings (SSSR count). The van der Waals surface area contributed by atoms with Gasteiger partial charge in [-0.25, -0.2) is 0 Å². The lowest BCUT2D eigenvalue weighted by molar-refractivity contribution is 0.257. The highest BCUT2D eigenvalue weighted by molar-refractivity contribution is 8.00. The molecule has 1 atom stereocenters. The van der Waals surface area contributed by atoms with Crippen molar-refractivity contribution in [2.24, 2.45) is 0 Å². The van der Waals surface area contributed by atoms with Gasteiger partial charge in [-0.1, -0.05) is 30.3 Å². The fourth-order valence-electron chi connectivity index (χ4n) is 4.02. The molecule has 28 heavy (non-hydrogen) atoms. The first-order chi connectivity index (χ1) is 13.4. The van der Waals surface area contributed by atoms with Crippen LogP contribution in [0.2, 0.25) is 0 Å². The van der Waals surface area contributed by atoms with Crippen molar-refractivity contribution in [1.82, 2.24) is 9.88 Å². The number of hydrogen-bond acceptors (Lipinski definition) is 4. The molecule has 1 aromatic heterocycles. The molecule has 1 aliphatic heterocycles. The van der Waals surface area contributed by atoms with Crippen LogP contribution in [0.25, 0.3) is 11.3 Å². The summed E-state index contributed by atoms with van der Waals surface area (Å²) in [4.78, 5) is 6.78. The molecular weight excluding hydrogens is 366 g/mol. The first-order valence-electron chi connectivity index (χ1n) is 10.0. The van der Waals surface area contributed by atoms with Gasteiger partial charge in [-0.3, -0.25) is 10.4 Å². The van der Waals surface area contributed by atoms with E-state index in [0.29, 0.717) is 12.3 Å². The Balaban J connectivity index is 1.48. The van der Waals surface area contributed by atoms with Crippen molar-refractivity contribution in [2.75, 3.05) is 25.4 Å². The summed E-state index contributed by atoms with van der Waals surface area (Å²) in [7, 11) is 0. The van der Waals surface area contributed by atoms with E-state index in [0.717, 1.165) is 30.1 Å². The van der Waals surface area contributed by atoms with Gasteiger partial charge in [0.15, 0.2) is 0 Å². The normalized spacial score (nSPS) is 24.1. The minimum Gasteiger partial charge on any atom is -0.395 e. The number of aliphatic hydroxyl groups is 1. The van der Waals surface area contributed by atoms with Gasteiger partial charge in [-0.15, -0.1) is 0 Å². The molecule has 2 fully saturated rings. The van der Waals surface area contributed by atoms with Crippen LogP contribution >= 0.6 is 11.8 Å². The summed E-state index contributed by atoms with van der Waals surface area (Å²) in [5.41, 5.74) is 4.88. The number of nitrogens with one attached hydrogen (secondary N) is 1. The minimum atomic E-state index is -0.217. The van der Waals surface area contributed by atoms with Gasteiger partial charge in [0.1, 0.15) is 0 Å². The Morgan fingerprint density at radius 2 is 1.93 bits per heavy atom. The van der Waals surface area contributed by atoms with E-state index < -0.39 is 0 Å². The molecular formula is C23H29N3OS. The van der Waals surface area contributed by atoms with Crippen molar-refractivity contribution in [3.63, 3.8) is 0 Å². The number of thioether (sulfide) groups is 1. The van der Waals surface area contributed by atoms with E-state index in [9.17, 15) is 5.11 Å². The van der Waals surface area contributed by atoms with Crippen LogP contribution < -0.4 is 0 Å². The number of nitrogens with zero attached hydrogens (tertiary/aromatic N) is 2. The maximum absolute atomic E-state index is 9.70. The van der Waals surface area contributed by atoms with E-state index >= 15 is 0 Å². The van der Waals surface area contributed by atoms with Gasteiger partial charge in [0.25, 0.3) is 0 Å². The molecule has 1 aromatic carbocycles. The summed E-state index contributed by atoms with van der Waals surface area (Å²) >= 11 is 1.80. The van der Waals surface area contributed by atoms with Crippen molar-refractivity contribution >= 4 is 17.6 Å². The third-order valence-electron chi connectivity index (χ3n) is 6.12. The zero-order valence-electron chi connectivity index (χ0n) is 16.7. The topological polar surface area (TPSA) is 60.2 Å². The van der Waals surface area contributed by atoms with Crippen LogP contribution in [0.1, 0.15) is 37.3 Å². The van der Waals surface area contributed by atoms with Crippen LogP contribution in [-0.4, -0.2) is 51.0 Å². The van der Waals surface area contributed by atoms with E-state index in [2.05, 4.69) is 60.1 Å². The summed E-state index contributed by atoms with van der Waals surface area (Å²) in [5, 5.41) is 18.3. The van der Waals surface area contributed by atoms with Crippen LogP contribution in [0.4, 0.5) is 0 Å². The van der Waals surface area contributed by atoms with Crippen LogP contribution in [0.3, 0.4) is 0 Å². The summed E-state index contributed by atoms with van der Waals surface area (Å²) < 4.78 is -0.217. The number of hydrogen-bond donors (Lipinski definition) is 2. The van der Waals surface area contributed by atoms with Crippen LogP contribution in [-0.2, 0) is 5.41 Å². The smallest absolute Gasteiger partial charge is 0.0973 e. The first kappa shape index (κ1) is 19.5.